The Hall–Kier alpha value is -3.12. The average molecular weight is 380 g/mol. The third-order valence-corrected chi connectivity index (χ3v) is 5.03. The number of benzene rings is 2. The summed E-state index contributed by atoms with van der Waals surface area (Å²) in [6.45, 7) is 0.233. The highest BCUT2D eigenvalue weighted by Crippen LogP contribution is 2.27. The summed E-state index contributed by atoms with van der Waals surface area (Å²) >= 11 is 1.33. The second kappa shape index (κ2) is 8.51. The number of rotatable bonds is 7. The van der Waals surface area contributed by atoms with Crippen LogP contribution in [0.4, 0.5) is 0 Å². The predicted octanol–water partition coefficient (Wildman–Crippen LogP) is 3.63. The lowest BCUT2D eigenvalue weighted by atomic mass is 10.0. The van der Waals surface area contributed by atoms with Gasteiger partial charge in [-0.15, -0.1) is 11.3 Å². The molecule has 0 aliphatic heterocycles. The summed E-state index contributed by atoms with van der Waals surface area (Å²) in [4.78, 5) is 27.6. The Morgan fingerprint density at radius 1 is 1.07 bits per heavy atom. The molecule has 0 unspecified atom stereocenters. The van der Waals surface area contributed by atoms with Gasteiger partial charge in [0.2, 0.25) is 5.91 Å². The number of carbonyl (C=O) groups is 2. The molecule has 1 heterocycles. The van der Waals surface area contributed by atoms with Crippen molar-refractivity contribution in [2.75, 3.05) is 7.11 Å². The summed E-state index contributed by atoms with van der Waals surface area (Å²) in [5.41, 5.74) is 7.24. The van der Waals surface area contributed by atoms with Crippen LogP contribution in [-0.4, -0.2) is 23.8 Å². The van der Waals surface area contributed by atoms with Crippen molar-refractivity contribution in [3.05, 3.63) is 88.1 Å². The van der Waals surface area contributed by atoms with Gasteiger partial charge >= 0.3 is 0 Å². The molecule has 0 aliphatic carbocycles. The molecule has 27 heavy (non-hydrogen) atoms. The molecule has 0 saturated carbocycles. The summed E-state index contributed by atoms with van der Waals surface area (Å²) in [5, 5.41) is 1.83. The Balaban J connectivity index is 2.02. The van der Waals surface area contributed by atoms with Crippen LogP contribution in [0.25, 0.3) is 0 Å². The zero-order valence-electron chi connectivity index (χ0n) is 14.9. The lowest BCUT2D eigenvalue weighted by molar-refractivity contribution is -0.122. The number of carbonyl (C=O) groups excluding carboxylic acids is 2. The fourth-order valence-corrected chi connectivity index (χ4v) is 3.60. The van der Waals surface area contributed by atoms with Crippen LogP contribution in [0, 0.1) is 0 Å². The van der Waals surface area contributed by atoms with Crippen LogP contribution in [-0.2, 0) is 11.3 Å². The molecule has 2 N–H and O–H groups in total. The van der Waals surface area contributed by atoms with E-state index in [1.54, 1.807) is 25.3 Å². The first-order valence-electron chi connectivity index (χ1n) is 8.42. The Bertz CT molecular complexity index is 910. The molecule has 2 aromatic carbocycles. The molecule has 0 spiro atoms. The van der Waals surface area contributed by atoms with Crippen LogP contribution in [0.1, 0.15) is 26.8 Å². The van der Waals surface area contributed by atoms with Crippen molar-refractivity contribution < 1.29 is 14.3 Å². The molecule has 5 nitrogen and oxygen atoms in total. The number of amides is 2. The van der Waals surface area contributed by atoms with Gasteiger partial charge in [-0.25, -0.2) is 0 Å². The predicted molar refractivity (Wildman–Crippen MR) is 106 cm³/mol. The summed E-state index contributed by atoms with van der Waals surface area (Å²) < 4.78 is 5.27. The Morgan fingerprint density at radius 3 is 2.48 bits per heavy atom. The van der Waals surface area contributed by atoms with E-state index in [4.69, 9.17) is 10.5 Å². The van der Waals surface area contributed by atoms with E-state index < -0.39 is 11.9 Å². The summed E-state index contributed by atoms with van der Waals surface area (Å²) in [5.74, 6) is -0.124. The molecule has 3 aromatic rings. The van der Waals surface area contributed by atoms with Crippen LogP contribution >= 0.6 is 11.3 Å². The van der Waals surface area contributed by atoms with Gasteiger partial charge in [-0.3, -0.25) is 9.59 Å². The second-order valence-corrected chi connectivity index (χ2v) is 6.93. The Labute approximate surface area is 162 Å². The van der Waals surface area contributed by atoms with E-state index >= 15 is 0 Å². The molecule has 3 rings (SSSR count). The summed E-state index contributed by atoms with van der Waals surface area (Å²) in [6.07, 6.45) is 0. The van der Waals surface area contributed by atoms with Crippen molar-refractivity contribution in [2.45, 2.75) is 12.6 Å². The van der Waals surface area contributed by atoms with Crippen LogP contribution in [0.2, 0.25) is 0 Å². The molecule has 0 saturated heterocycles. The van der Waals surface area contributed by atoms with E-state index in [9.17, 15) is 9.59 Å². The fraction of sp³-hybridized carbons (Fsp3) is 0.143. The van der Waals surface area contributed by atoms with E-state index in [0.717, 1.165) is 5.56 Å². The maximum Gasteiger partial charge on any atom is 0.265 e. The van der Waals surface area contributed by atoms with Crippen molar-refractivity contribution >= 4 is 23.2 Å². The number of thiophene rings is 1. The van der Waals surface area contributed by atoms with E-state index in [1.165, 1.54) is 16.2 Å². The van der Waals surface area contributed by atoms with Gasteiger partial charge in [0.15, 0.2) is 0 Å². The van der Waals surface area contributed by atoms with Gasteiger partial charge in [-0.05, 0) is 34.7 Å². The first-order chi connectivity index (χ1) is 13.1. The first-order valence-corrected chi connectivity index (χ1v) is 9.30. The van der Waals surface area contributed by atoms with E-state index in [2.05, 4.69) is 0 Å². The maximum atomic E-state index is 13.2. The maximum absolute atomic E-state index is 13.2. The highest BCUT2D eigenvalue weighted by molar-refractivity contribution is 7.12. The summed E-state index contributed by atoms with van der Waals surface area (Å²) in [7, 11) is 1.59. The number of nitrogens with zero attached hydrogens (tertiary/aromatic N) is 1. The highest BCUT2D eigenvalue weighted by Gasteiger charge is 2.31. The molecule has 0 fully saturated rings. The lowest BCUT2D eigenvalue weighted by Gasteiger charge is -2.30. The van der Waals surface area contributed by atoms with Crippen molar-refractivity contribution in [3.63, 3.8) is 0 Å². The van der Waals surface area contributed by atoms with Crippen molar-refractivity contribution in [1.29, 1.82) is 0 Å². The Morgan fingerprint density at radius 2 is 1.85 bits per heavy atom. The third-order valence-electron chi connectivity index (χ3n) is 4.18. The molecule has 2 amide bonds. The molecule has 0 radical (unpaired) electrons. The average Bonchev–Trinajstić information content (AvgIpc) is 3.22. The number of hydrogen-bond donors (Lipinski definition) is 1. The van der Waals surface area contributed by atoms with E-state index in [0.29, 0.717) is 16.2 Å². The molecule has 0 bridgehead atoms. The summed E-state index contributed by atoms with van der Waals surface area (Å²) in [6, 6.07) is 19.2. The minimum atomic E-state index is -0.869. The van der Waals surface area contributed by atoms with Gasteiger partial charge in [0, 0.05) is 6.54 Å². The number of ether oxygens (including phenoxy) is 1. The molecular formula is C21H20N2O3S. The lowest BCUT2D eigenvalue weighted by Crippen LogP contribution is -2.41. The van der Waals surface area contributed by atoms with Gasteiger partial charge in [0.1, 0.15) is 11.8 Å². The van der Waals surface area contributed by atoms with Gasteiger partial charge in [0.05, 0.1) is 12.0 Å². The molecule has 138 valence electrons. The standard InChI is InChI=1S/C21H20N2O3S/c1-26-17-10-5-7-15(13-17)14-23(21(25)18-11-6-12-27-18)19(20(22)24)16-8-3-2-4-9-16/h2-13,19H,14H2,1H3,(H2,22,24)/t19-/m1/s1. The first kappa shape index (κ1) is 18.7. The van der Waals surface area contributed by atoms with Gasteiger partial charge in [0.25, 0.3) is 5.91 Å². The largest absolute Gasteiger partial charge is 0.497 e. The quantitative estimate of drug-likeness (QED) is 0.680. The third kappa shape index (κ3) is 4.35. The van der Waals surface area contributed by atoms with Crippen molar-refractivity contribution in [1.82, 2.24) is 4.90 Å². The van der Waals surface area contributed by atoms with E-state index in [1.807, 2.05) is 53.9 Å². The smallest absolute Gasteiger partial charge is 0.265 e. The van der Waals surface area contributed by atoms with Gasteiger partial charge in [-0.1, -0.05) is 48.5 Å². The zero-order chi connectivity index (χ0) is 19.2. The van der Waals surface area contributed by atoms with Crippen molar-refractivity contribution in [2.24, 2.45) is 5.73 Å². The number of nitrogens with two attached hydrogens (primary N) is 1. The number of primary amides is 1. The number of hydrogen-bond acceptors (Lipinski definition) is 4. The van der Waals surface area contributed by atoms with Crippen LogP contribution < -0.4 is 10.5 Å². The molecule has 6 heteroatoms. The minimum Gasteiger partial charge on any atom is -0.497 e. The SMILES string of the molecule is COc1cccc(CN(C(=O)c2cccs2)[C@@H](C(N)=O)c2ccccc2)c1. The van der Waals surface area contributed by atoms with Crippen LogP contribution in [0.15, 0.2) is 72.1 Å². The second-order valence-electron chi connectivity index (χ2n) is 5.98. The molecule has 0 aliphatic rings. The fourth-order valence-electron chi connectivity index (χ4n) is 2.92. The van der Waals surface area contributed by atoms with Crippen molar-refractivity contribution in [3.8, 4) is 5.75 Å². The van der Waals surface area contributed by atoms with Gasteiger partial charge < -0.3 is 15.4 Å². The topological polar surface area (TPSA) is 72.6 Å². The van der Waals surface area contributed by atoms with Gasteiger partial charge in [-0.2, -0.15) is 0 Å². The monoisotopic (exact) mass is 380 g/mol. The Kier molecular flexibility index (Phi) is 5.88. The minimum absolute atomic E-state index is 0.233. The number of methoxy groups -OCH3 is 1. The molecule has 1 aromatic heterocycles. The van der Waals surface area contributed by atoms with Crippen LogP contribution in [0.5, 0.6) is 5.75 Å². The normalized spacial score (nSPS) is 11.6. The molecular weight excluding hydrogens is 360 g/mol. The van der Waals surface area contributed by atoms with E-state index in [-0.39, 0.29) is 12.5 Å². The zero-order valence-corrected chi connectivity index (χ0v) is 15.7. The highest BCUT2D eigenvalue weighted by atomic mass is 32.1. The molecule has 1 atom stereocenters. The van der Waals surface area contributed by atoms with Crippen LogP contribution in [0.3, 0.4) is 0 Å².